The van der Waals surface area contributed by atoms with Gasteiger partial charge in [0.05, 0.1) is 25.1 Å². The normalized spacial score (nSPS) is 15.2. The monoisotopic (exact) mass is 476 g/mol. The molecule has 12 heteroatoms. The number of para-hydroxylation sites is 1. The third-order valence-electron chi connectivity index (χ3n) is 4.50. The molecule has 0 radical (unpaired) electrons. The van der Waals surface area contributed by atoms with E-state index in [1.165, 1.54) is 6.33 Å². The number of nitrogens with two attached hydrogens (primary N) is 1. The number of anilines is 1. The molecule has 3 N–H and O–H groups in total. The molecule has 1 aromatic carbocycles. The van der Waals surface area contributed by atoms with Gasteiger partial charge in [0, 0.05) is 0 Å². The molecule has 0 saturated carbocycles. The van der Waals surface area contributed by atoms with Crippen LogP contribution in [0.2, 0.25) is 0 Å². The van der Waals surface area contributed by atoms with Crippen molar-refractivity contribution in [3.05, 3.63) is 43.0 Å². The summed E-state index contributed by atoms with van der Waals surface area (Å²) in [5, 5.41) is 2.78. The summed E-state index contributed by atoms with van der Waals surface area (Å²) in [4.78, 5) is 24.6. The number of esters is 1. The molecule has 33 heavy (non-hydrogen) atoms. The summed E-state index contributed by atoms with van der Waals surface area (Å²) in [6.07, 6.45) is 2.01. The average molecular weight is 476 g/mol. The molecule has 2 aromatic heterocycles. The van der Waals surface area contributed by atoms with Crippen LogP contribution in [-0.2, 0) is 25.4 Å². The number of imidazole rings is 1. The maximum absolute atomic E-state index is 13.6. The molecule has 178 valence electrons. The largest absolute Gasteiger partial charge is 0.462 e. The summed E-state index contributed by atoms with van der Waals surface area (Å²) in [6.45, 7) is 7.25. The highest BCUT2D eigenvalue weighted by atomic mass is 31.2. The van der Waals surface area contributed by atoms with Crippen LogP contribution in [0.1, 0.15) is 27.7 Å². The number of aromatic nitrogens is 4. The van der Waals surface area contributed by atoms with Crippen molar-refractivity contribution < 1.29 is 23.4 Å². The lowest BCUT2D eigenvalue weighted by Gasteiger charge is -2.25. The molecule has 0 aliphatic rings. The van der Waals surface area contributed by atoms with E-state index < -0.39 is 19.5 Å². The Labute approximate surface area is 192 Å². The van der Waals surface area contributed by atoms with Gasteiger partial charge in [-0.25, -0.2) is 20.0 Å². The van der Waals surface area contributed by atoms with Crippen LogP contribution in [0.4, 0.5) is 5.82 Å². The van der Waals surface area contributed by atoms with Crippen molar-refractivity contribution in [2.24, 2.45) is 0 Å². The van der Waals surface area contributed by atoms with Crippen molar-refractivity contribution in [1.29, 1.82) is 0 Å². The first-order valence-electron chi connectivity index (χ1n) is 10.5. The molecular weight excluding hydrogens is 447 g/mol. The smallest absolute Gasteiger partial charge is 0.342 e. The van der Waals surface area contributed by atoms with Crippen molar-refractivity contribution >= 4 is 30.5 Å². The molecular formula is C21H29N6O5P. The minimum absolute atomic E-state index is 0.272. The van der Waals surface area contributed by atoms with Crippen LogP contribution in [0.15, 0.2) is 43.0 Å². The second kappa shape index (κ2) is 10.7. The van der Waals surface area contributed by atoms with Gasteiger partial charge in [-0.1, -0.05) is 18.2 Å². The molecule has 0 amide bonds. The number of nitrogens with zero attached hydrogens (tertiary/aromatic N) is 4. The Kier molecular flexibility index (Phi) is 8.01. The summed E-state index contributed by atoms with van der Waals surface area (Å²) in [5.74, 6) is 0.151. The lowest BCUT2D eigenvalue weighted by atomic mass is 10.3. The zero-order chi connectivity index (χ0) is 24.0. The van der Waals surface area contributed by atoms with Gasteiger partial charge in [0.1, 0.15) is 30.0 Å². The molecule has 0 aliphatic carbocycles. The Hall–Kier alpha value is -3.01. The van der Waals surface area contributed by atoms with E-state index in [0.29, 0.717) is 29.3 Å². The number of carbonyl (C=O) groups excluding carboxylic acids is 1. The lowest BCUT2D eigenvalue weighted by molar-refractivity contribution is -0.149. The minimum atomic E-state index is -3.64. The van der Waals surface area contributed by atoms with E-state index >= 15 is 0 Å². The third-order valence-corrected chi connectivity index (χ3v) is 6.28. The predicted octanol–water partition coefficient (Wildman–Crippen LogP) is 2.97. The van der Waals surface area contributed by atoms with E-state index in [9.17, 15) is 9.36 Å². The SMILES string of the molecule is CC(C)OC(=O)[C@H](C)NP(=O)(CO[C@@H](C)Cn1cnc2c(N)ncnc21)Oc1ccccc1. The van der Waals surface area contributed by atoms with Gasteiger partial charge >= 0.3 is 13.5 Å². The molecule has 2 heterocycles. The average Bonchev–Trinajstić information content (AvgIpc) is 3.16. The van der Waals surface area contributed by atoms with Crippen LogP contribution < -0.4 is 15.3 Å². The van der Waals surface area contributed by atoms with Gasteiger partial charge in [0.25, 0.3) is 0 Å². The predicted molar refractivity (Wildman–Crippen MR) is 124 cm³/mol. The number of hydrogen-bond donors (Lipinski definition) is 2. The van der Waals surface area contributed by atoms with Crippen molar-refractivity contribution in [2.75, 3.05) is 12.1 Å². The van der Waals surface area contributed by atoms with Gasteiger partial charge in [-0.2, -0.15) is 0 Å². The fourth-order valence-electron chi connectivity index (χ4n) is 3.01. The van der Waals surface area contributed by atoms with Crippen molar-refractivity contribution in [2.45, 2.75) is 52.5 Å². The standard InChI is InChI=1S/C21H29N6O5P/c1-14(2)31-21(28)16(4)26-33(29,32-17-8-6-5-7-9-17)13-30-15(3)10-27-12-25-18-19(22)23-11-24-20(18)27/h5-9,11-12,14-16H,10,13H2,1-4H3,(H,26,29)(H2,22,23,24)/t15-,16-,33?/m0/s1. The Morgan fingerprint density at radius 3 is 2.58 bits per heavy atom. The first-order chi connectivity index (χ1) is 15.7. The Balaban J connectivity index is 1.70. The number of rotatable bonds is 11. The highest BCUT2D eigenvalue weighted by molar-refractivity contribution is 7.57. The van der Waals surface area contributed by atoms with E-state index in [0.717, 1.165) is 0 Å². The summed E-state index contributed by atoms with van der Waals surface area (Å²) >= 11 is 0. The summed E-state index contributed by atoms with van der Waals surface area (Å²) in [5.41, 5.74) is 6.91. The number of nitrogen functional groups attached to an aromatic ring is 1. The van der Waals surface area contributed by atoms with Crippen LogP contribution in [0.25, 0.3) is 11.2 Å². The lowest BCUT2D eigenvalue weighted by Crippen LogP contribution is -2.37. The van der Waals surface area contributed by atoms with Crippen molar-refractivity contribution in [1.82, 2.24) is 24.6 Å². The van der Waals surface area contributed by atoms with E-state index in [-0.39, 0.29) is 18.6 Å². The Morgan fingerprint density at radius 1 is 1.15 bits per heavy atom. The van der Waals surface area contributed by atoms with Crippen LogP contribution in [0.3, 0.4) is 0 Å². The number of nitrogens with one attached hydrogen (secondary N) is 1. The number of benzene rings is 1. The van der Waals surface area contributed by atoms with E-state index in [1.807, 2.05) is 13.0 Å². The van der Waals surface area contributed by atoms with Crippen LogP contribution >= 0.6 is 7.52 Å². The van der Waals surface area contributed by atoms with Gasteiger partial charge in [-0.3, -0.25) is 9.36 Å². The maximum atomic E-state index is 13.6. The second-order valence-corrected chi connectivity index (χ2v) is 9.89. The highest BCUT2D eigenvalue weighted by Crippen LogP contribution is 2.44. The molecule has 3 rings (SSSR count). The molecule has 0 bridgehead atoms. The quantitative estimate of drug-likeness (QED) is 0.313. The molecule has 3 aromatic rings. The van der Waals surface area contributed by atoms with Crippen LogP contribution in [0.5, 0.6) is 5.75 Å². The molecule has 0 aliphatic heterocycles. The topological polar surface area (TPSA) is 143 Å². The minimum Gasteiger partial charge on any atom is -0.462 e. The molecule has 3 atom stereocenters. The van der Waals surface area contributed by atoms with Crippen LogP contribution in [-0.4, -0.2) is 50.1 Å². The van der Waals surface area contributed by atoms with E-state index in [4.69, 9.17) is 19.7 Å². The van der Waals surface area contributed by atoms with Gasteiger partial charge in [0.15, 0.2) is 11.5 Å². The molecule has 11 nitrogen and oxygen atoms in total. The van der Waals surface area contributed by atoms with Gasteiger partial charge < -0.3 is 24.3 Å². The maximum Gasteiger partial charge on any atom is 0.342 e. The molecule has 0 spiro atoms. The Bertz CT molecular complexity index is 1120. The fraction of sp³-hybridized carbons (Fsp3) is 0.429. The van der Waals surface area contributed by atoms with Crippen LogP contribution in [0, 0.1) is 0 Å². The number of hydrogen-bond acceptors (Lipinski definition) is 9. The van der Waals surface area contributed by atoms with Crippen molar-refractivity contribution in [3.8, 4) is 5.75 Å². The van der Waals surface area contributed by atoms with Gasteiger partial charge in [-0.05, 0) is 39.8 Å². The van der Waals surface area contributed by atoms with E-state index in [1.54, 1.807) is 55.9 Å². The van der Waals surface area contributed by atoms with Crippen molar-refractivity contribution in [3.63, 3.8) is 0 Å². The Morgan fingerprint density at radius 2 is 1.88 bits per heavy atom. The summed E-state index contributed by atoms with van der Waals surface area (Å²) in [7, 11) is -3.64. The van der Waals surface area contributed by atoms with Gasteiger partial charge in [0.2, 0.25) is 0 Å². The molecule has 0 fully saturated rings. The number of ether oxygens (including phenoxy) is 2. The summed E-state index contributed by atoms with van der Waals surface area (Å²) < 4.78 is 32.2. The molecule has 0 saturated heterocycles. The summed E-state index contributed by atoms with van der Waals surface area (Å²) in [6, 6.07) is 7.83. The van der Waals surface area contributed by atoms with E-state index in [2.05, 4.69) is 20.0 Å². The zero-order valence-corrected chi connectivity index (χ0v) is 19.9. The number of fused-ring (bicyclic) bond motifs is 1. The first kappa shape index (κ1) is 24.6. The molecule has 1 unspecified atom stereocenters. The highest BCUT2D eigenvalue weighted by Gasteiger charge is 2.32. The first-order valence-corrected chi connectivity index (χ1v) is 12.3. The number of carbonyl (C=O) groups is 1. The fourth-order valence-corrected chi connectivity index (χ4v) is 4.80. The second-order valence-electron chi connectivity index (χ2n) is 7.85. The zero-order valence-electron chi connectivity index (χ0n) is 19.0. The third kappa shape index (κ3) is 6.74. The van der Waals surface area contributed by atoms with Gasteiger partial charge in [-0.15, -0.1) is 0 Å².